The molecule has 0 saturated carbocycles. The molecule has 0 unspecified atom stereocenters. The van der Waals surface area contributed by atoms with Crippen LogP contribution in [0.5, 0.6) is 0 Å². The molecule has 1 heterocycles. The van der Waals surface area contributed by atoms with Crippen molar-refractivity contribution >= 4 is 28.5 Å². The number of benzene rings is 2. The molecular weight excluding hydrogens is 306 g/mol. The van der Waals surface area contributed by atoms with Crippen molar-refractivity contribution in [3.8, 4) is 0 Å². The second kappa shape index (κ2) is 6.84. The molecule has 0 atom stereocenters. The summed E-state index contributed by atoms with van der Waals surface area (Å²) in [5, 5.41) is 2.86. The van der Waals surface area contributed by atoms with Gasteiger partial charge >= 0.3 is 5.97 Å². The topological polar surface area (TPSA) is 39.2 Å². The van der Waals surface area contributed by atoms with Crippen molar-refractivity contribution in [2.24, 2.45) is 0 Å². The minimum Gasteiger partial charge on any atom is -0.461 e. The van der Waals surface area contributed by atoms with Crippen molar-refractivity contribution in [1.29, 1.82) is 0 Å². The van der Waals surface area contributed by atoms with E-state index in [4.69, 9.17) is 4.74 Å². The van der Waals surface area contributed by atoms with Crippen LogP contribution in [0.25, 0.3) is 10.8 Å². The average Bonchev–Trinajstić information content (AvgIpc) is 2.56. The highest BCUT2D eigenvalue weighted by Crippen LogP contribution is 2.33. The van der Waals surface area contributed by atoms with Crippen molar-refractivity contribution < 1.29 is 9.53 Å². The van der Waals surface area contributed by atoms with Gasteiger partial charge < -0.3 is 4.74 Å². The predicted octanol–water partition coefficient (Wildman–Crippen LogP) is 4.87. The average molecular weight is 323 g/mol. The Balaban J connectivity index is 2.12. The zero-order valence-electron chi connectivity index (χ0n) is 13.1. The highest BCUT2D eigenvalue weighted by Gasteiger charge is 2.14. The lowest BCUT2D eigenvalue weighted by Gasteiger charge is -2.09. The minimum absolute atomic E-state index is 0.341. The normalized spacial score (nSPS) is 10.7. The lowest BCUT2D eigenvalue weighted by atomic mass is 10.1. The molecule has 0 aliphatic heterocycles. The fourth-order valence-corrected chi connectivity index (χ4v) is 3.27. The van der Waals surface area contributed by atoms with E-state index in [9.17, 15) is 4.79 Å². The highest BCUT2D eigenvalue weighted by molar-refractivity contribution is 7.99. The van der Waals surface area contributed by atoms with Crippen LogP contribution in [0.3, 0.4) is 0 Å². The fraction of sp³-hybridized carbons (Fsp3) is 0.158. The van der Waals surface area contributed by atoms with Gasteiger partial charge in [0.25, 0.3) is 0 Å². The van der Waals surface area contributed by atoms with Gasteiger partial charge in [0, 0.05) is 10.3 Å². The van der Waals surface area contributed by atoms with Gasteiger partial charge in [-0.05, 0) is 43.5 Å². The molecule has 3 rings (SSSR count). The summed E-state index contributed by atoms with van der Waals surface area (Å²) in [6, 6.07) is 18.0. The molecule has 0 bridgehead atoms. The van der Waals surface area contributed by atoms with E-state index in [1.807, 2.05) is 42.5 Å². The smallest absolute Gasteiger partial charge is 0.356 e. The van der Waals surface area contributed by atoms with Crippen LogP contribution in [0.4, 0.5) is 0 Å². The number of hydrogen-bond donors (Lipinski definition) is 0. The number of rotatable bonds is 4. The maximum atomic E-state index is 12.1. The molecule has 0 aliphatic rings. The summed E-state index contributed by atoms with van der Waals surface area (Å²) in [6.45, 7) is 4.19. The van der Waals surface area contributed by atoms with E-state index < -0.39 is 0 Å². The standard InChI is InChI=1S/C19H17NO2S/c1-3-22-19(21)17-12-14-10-9-13(2)11-16(14)18(20-17)23-15-7-5-4-6-8-15/h4-12H,3H2,1-2H3. The number of ether oxygens (including phenoxy) is 1. The summed E-state index contributed by atoms with van der Waals surface area (Å²) < 4.78 is 5.10. The Morgan fingerprint density at radius 1 is 1.13 bits per heavy atom. The molecule has 0 spiro atoms. The Bertz CT molecular complexity index is 847. The van der Waals surface area contributed by atoms with Crippen LogP contribution in [-0.4, -0.2) is 17.6 Å². The number of carbonyl (C=O) groups excluding carboxylic acids is 1. The number of esters is 1. The third-order valence-electron chi connectivity index (χ3n) is 3.40. The summed E-state index contributed by atoms with van der Waals surface area (Å²) in [4.78, 5) is 17.7. The van der Waals surface area contributed by atoms with Gasteiger partial charge in [-0.2, -0.15) is 0 Å². The monoisotopic (exact) mass is 323 g/mol. The third-order valence-corrected chi connectivity index (χ3v) is 4.41. The Hall–Kier alpha value is -2.33. The first-order chi connectivity index (χ1) is 11.2. The molecule has 0 radical (unpaired) electrons. The van der Waals surface area contributed by atoms with Crippen LogP contribution in [-0.2, 0) is 4.74 Å². The van der Waals surface area contributed by atoms with E-state index in [0.717, 1.165) is 26.3 Å². The summed E-state index contributed by atoms with van der Waals surface area (Å²) in [6.07, 6.45) is 0. The van der Waals surface area contributed by atoms with Crippen molar-refractivity contribution in [1.82, 2.24) is 4.98 Å². The van der Waals surface area contributed by atoms with Gasteiger partial charge in [0.05, 0.1) is 6.61 Å². The molecule has 4 heteroatoms. The first-order valence-electron chi connectivity index (χ1n) is 7.49. The van der Waals surface area contributed by atoms with Crippen LogP contribution in [0.15, 0.2) is 64.5 Å². The van der Waals surface area contributed by atoms with Crippen LogP contribution in [0.2, 0.25) is 0 Å². The molecule has 0 N–H and O–H groups in total. The van der Waals surface area contributed by atoms with Crippen LogP contribution < -0.4 is 0 Å². The summed E-state index contributed by atoms with van der Waals surface area (Å²) >= 11 is 1.56. The molecule has 23 heavy (non-hydrogen) atoms. The number of aromatic nitrogens is 1. The predicted molar refractivity (Wildman–Crippen MR) is 93.0 cm³/mol. The number of fused-ring (bicyclic) bond motifs is 1. The lowest BCUT2D eigenvalue weighted by Crippen LogP contribution is -2.07. The summed E-state index contributed by atoms with van der Waals surface area (Å²) in [5.74, 6) is -0.384. The zero-order valence-corrected chi connectivity index (χ0v) is 13.9. The summed E-state index contributed by atoms with van der Waals surface area (Å²) in [7, 11) is 0. The van der Waals surface area contributed by atoms with Crippen molar-refractivity contribution in [2.45, 2.75) is 23.8 Å². The second-order valence-corrected chi connectivity index (χ2v) is 6.24. The molecule has 116 valence electrons. The second-order valence-electron chi connectivity index (χ2n) is 5.17. The molecular formula is C19H17NO2S. The Kier molecular flexibility index (Phi) is 4.63. The number of pyridine rings is 1. The van der Waals surface area contributed by atoms with Crippen molar-refractivity contribution in [3.63, 3.8) is 0 Å². The SMILES string of the molecule is CCOC(=O)c1cc2ccc(C)cc2c(Sc2ccccc2)n1. The molecule has 0 amide bonds. The quantitative estimate of drug-likeness (QED) is 0.642. The number of aryl methyl sites for hydroxylation is 1. The van der Waals surface area contributed by atoms with E-state index in [1.165, 1.54) is 0 Å². The van der Waals surface area contributed by atoms with E-state index in [0.29, 0.717) is 12.3 Å². The first-order valence-corrected chi connectivity index (χ1v) is 8.30. The van der Waals surface area contributed by atoms with Gasteiger partial charge in [-0.3, -0.25) is 0 Å². The van der Waals surface area contributed by atoms with Gasteiger partial charge in [-0.15, -0.1) is 0 Å². The number of nitrogens with zero attached hydrogens (tertiary/aromatic N) is 1. The molecule has 0 fully saturated rings. The zero-order chi connectivity index (χ0) is 16.2. The van der Waals surface area contributed by atoms with E-state index in [2.05, 4.69) is 18.0 Å². The van der Waals surface area contributed by atoms with Gasteiger partial charge in [0.15, 0.2) is 0 Å². The van der Waals surface area contributed by atoms with E-state index >= 15 is 0 Å². The van der Waals surface area contributed by atoms with Crippen molar-refractivity contribution in [3.05, 3.63) is 65.9 Å². The van der Waals surface area contributed by atoms with Gasteiger partial charge in [0.2, 0.25) is 0 Å². The Morgan fingerprint density at radius 2 is 1.91 bits per heavy atom. The third kappa shape index (κ3) is 3.54. The maximum Gasteiger partial charge on any atom is 0.356 e. The number of carbonyl (C=O) groups is 1. The van der Waals surface area contributed by atoms with Crippen LogP contribution >= 0.6 is 11.8 Å². The molecule has 0 saturated heterocycles. The van der Waals surface area contributed by atoms with E-state index in [1.54, 1.807) is 24.8 Å². The largest absolute Gasteiger partial charge is 0.461 e. The minimum atomic E-state index is -0.384. The molecule has 1 aromatic heterocycles. The van der Waals surface area contributed by atoms with Gasteiger partial charge in [-0.1, -0.05) is 47.7 Å². The maximum absolute atomic E-state index is 12.1. The van der Waals surface area contributed by atoms with Gasteiger partial charge in [0.1, 0.15) is 10.7 Å². The molecule has 3 aromatic rings. The Labute approximate surface area is 139 Å². The highest BCUT2D eigenvalue weighted by atomic mass is 32.2. The first kappa shape index (κ1) is 15.6. The molecule has 0 aliphatic carbocycles. The molecule has 2 aromatic carbocycles. The Morgan fingerprint density at radius 3 is 2.65 bits per heavy atom. The van der Waals surface area contributed by atoms with Crippen LogP contribution in [0, 0.1) is 6.92 Å². The van der Waals surface area contributed by atoms with Crippen LogP contribution in [0.1, 0.15) is 23.0 Å². The lowest BCUT2D eigenvalue weighted by molar-refractivity contribution is 0.0519. The van der Waals surface area contributed by atoms with Gasteiger partial charge in [-0.25, -0.2) is 9.78 Å². The van der Waals surface area contributed by atoms with E-state index in [-0.39, 0.29) is 5.97 Å². The summed E-state index contributed by atoms with van der Waals surface area (Å²) in [5.41, 5.74) is 1.51. The number of hydrogen-bond acceptors (Lipinski definition) is 4. The van der Waals surface area contributed by atoms with Crippen molar-refractivity contribution in [2.75, 3.05) is 6.61 Å². The molecule has 3 nitrogen and oxygen atoms in total. The fourth-order valence-electron chi connectivity index (χ4n) is 2.32.